The van der Waals surface area contributed by atoms with E-state index in [2.05, 4.69) is 19.7 Å². The first-order chi connectivity index (χ1) is 14.1. The van der Waals surface area contributed by atoms with Gasteiger partial charge in [-0.1, -0.05) is 12.1 Å². The van der Waals surface area contributed by atoms with Gasteiger partial charge in [0.05, 0.1) is 44.0 Å². The van der Waals surface area contributed by atoms with Crippen molar-refractivity contribution in [1.29, 1.82) is 0 Å². The summed E-state index contributed by atoms with van der Waals surface area (Å²) in [6.07, 6.45) is 1.72. The summed E-state index contributed by atoms with van der Waals surface area (Å²) in [5.41, 5.74) is -0.668. The molecule has 3 rings (SSSR count). The van der Waals surface area contributed by atoms with Gasteiger partial charge in [0.15, 0.2) is 5.16 Å². The van der Waals surface area contributed by atoms with Crippen molar-refractivity contribution in [2.45, 2.75) is 24.2 Å². The molecule has 0 radical (unpaired) electrons. The molecule has 3 aromatic rings. The fraction of sp³-hybridized carbons (Fsp3) is 0.333. The van der Waals surface area contributed by atoms with Crippen molar-refractivity contribution < 1.29 is 20.5 Å². The minimum Gasteiger partial charge on any atom is -0.493 e. The molecule has 0 aliphatic heterocycles. The van der Waals surface area contributed by atoms with Crippen molar-refractivity contribution in [3.05, 3.63) is 47.8 Å². The van der Waals surface area contributed by atoms with E-state index in [1.54, 1.807) is 37.3 Å². The van der Waals surface area contributed by atoms with E-state index >= 15 is 0 Å². The van der Waals surface area contributed by atoms with Gasteiger partial charge in [-0.2, -0.15) is 0 Å². The van der Waals surface area contributed by atoms with Crippen molar-refractivity contribution in [3.63, 3.8) is 0 Å². The van der Waals surface area contributed by atoms with Gasteiger partial charge >= 0.3 is 0 Å². The Balaban J connectivity index is 1.75. The molecule has 2 aromatic heterocycles. The van der Waals surface area contributed by atoms with Crippen LogP contribution in [0.5, 0.6) is 5.75 Å². The third-order valence-corrected chi connectivity index (χ3v) is 4.46. The summed E-state index contributed by atoms with van der Waals surface area (Å²) in [5, 5.41) is 0.0236. The van der Waals surface area contributed by atoms with Gasteiger partial charge in [-0.15, -0.1) is 0 Å². The summed E-state index contributed by atoms with van der Waals surface area (Å²) < 4.78 is 61.1. The number of aromatic nitrogens is 3. The molecule has 0 aliphatic rings. The number of hydrogen-bond donors (Lipinski definition) is 1. The fourth-order valence-electron chi connectivity index (χ4n) is 2.24. The third kappa shape index (κ3) is 4.24. The molecule has 25 heavy (non-hydrogen) atoms. The zero-order valence-electron chi connectivity index (χ0n) is 18.6. The highest BCUT2D eigenvalue weighted by molar-refractivity contribution is 7.84. The molecule has 0 saturated heterocycles. The van der Waals surface area contributed by atoms with Crippen molar-refractivity contribution in [2.75, 3.05) is 20.3 Å². The fourth-order valence-corrected chi connectivity index (χ4v) is 3.11. The van der Waals surface area contributed by atoms with E-state index in [0.717, 1.165) is 0 Å². The first kappa shape index (κ1) is 12.2. The maximum Gasteiger partial charge on any atom is 0.197 e. The Morgan fingerprint density at radius 1 is 1.32 bits per heavy atom. The molecule has 0 saturated carbocycles. The van der Waals surface area contributed by atoms with Crippen LogP contribution in [0, 0.1) is 6.92 Å². The lowest BCUT2D eigenvalue weighted by Crippen LogP contribution is -2.06. The van der Waals surface area contributed by atoms with Crippen LogP contribution in [0.4, 0.5) is 0 Å². The predicted octanol–water partition coefficient (Wildman–Crippen LogP) is 2.99. The number of H-pyrrole nitrogens is 1. The lowest BCUT2D eigenvalue weighted by atomic mass is 10.2. The van der Waals surface area contributed by atoms with Crippen molar-refractivity contribution in [2.24, 2.45) is 0 Å². The summed E-state index contributed by atoms with van der Waals surface area (Å²) in [7, 11) is -4.60. The Hall–Kier alpha value is -2.25. The van der Waals surface area contributed by atoms with E-state index in [9.17, 15) is 4.21 Å². The van der Waals surface area contributed by atoms with Crippen LogP contribution in [0.15, 0.2) is 41.7 Å². The van der Waals surface area contributed by atoms with E-state index < -0.39 is 23.5 Å². The normalized spacial score (nSPS) is 16.4. The largest absolute Gasteiger partial charge is 0.493 e. The maximum absolute atomic E-state index is 13.0. The third-order valence-electron chi connectivity index (χ3n) is 3.54. The lowest BCUT2D eigenvalue weighted by Gasteiger charge is -2.11. The molecule has 1 atom stereocenters. The number of imidazole rings is 1. The lowest BCUT2D eigenvalue weighted by molar-refractivity contribution is 0.172. The van der Waals surface area contributed by atoms with Gasteiger partial charge in [-0.3, -0.25) is 9.19 Å². The highest BCUT2D eigenvalue weighted by atomic mass is 32.2. The summed E-state index contributed by atoms with van der Waals surface area (Å²) in [4.78, 5) is 11.2. The second kappa shape index (κ2) is 8.22. The van der Waals surface area contributed by atoms with Gasteiger partial charge < -0.3 is 14.5 Å². The molecular weight excluding hydrogens is 338 g/mol. The average molecular weight is 364 g/mol. The van der Waals surface area contributed by atoms with Crippen LogP contribution in [0.1, 0.15) is 24.5 Å². The highest BCUT2D eigenvalue weighted by Gasteiger charge is 2.14. The van der Waals surface area contributed by atoms with E-state index in [4.69, 9.17) is 11.6 Å². The summed E-state index contributed by atoms with van der Waals surface area (Å²) in [5.74, 6) is 0.374. The molecule has 132 valence electrons. The number of nitrogens with one attached hydrogen (secondary N) is 1. The molecule has 2 heterocycles. The van der Waals surface area contributed by atoms with Crippen LogP contribution in [0.2, 0.25) is 0 Å². The molecule has 0 bridgehead atoms. The molecule has 0 spiro atoms. The number of aromatic amines is 1. The van der Waals surface area contributed by atoms with Gasteiger partial charge in [0.1, 0.15) is 5.75 Å². The second-order valence-corrected chi connectivity index (χ2v) is 6.39. The number of hydrogen-bond acceptors (Lipinski definition) is 5. The monoisotopic (exact) mass is 364 g/mol. The predicted molar refractivity (Wildman–Crippen MR) is 97.2 cm³/mol. The van der Waals surface area contributed by atoms with Crippen molar-refractivity contribution in [3.8, 4) is 5.75 Å². The van der Waals surface area contributed by atoms with Gasteiger partial charge in [-0.05, 0) is 25.1 Å². The minimum atomic E-state index is -2.45. The van der Waals surface area contributed by atoms with Gasteiger partial charge in [0, 0.05) is 34.6 Å². The molecule has 7 heteroatoms. The average Bonchev–Trinajstić information content (AvgIpc) is 3.11. The smallest absolute Gasteiger partial charge is 0.197 e. The molecule has 0 aliphatic carbocycles. The van der Waals surface area contributed by atoms with E-state index in [1.807, 2.05) is 0 Å². The van der Waals surface area contributed by atoms with Crippen molar-refractivity contribution in [1.82, 2.24) is 15.0 Å². The van der Waals surface area contributed by atoms with Crippen LogP contribution in [0.25, 0.3) is 11.0 Å². The zero-order valence-corrected chi connectivity index (χ0v) is 14.4. The topological polar surface area (TPSA) is 77.1 Å². The minimum absolute atomic E-state index is 0.00435. The Bertz CT molecular complexity index is 1020. The summed E-state index contributed by atoms with van der Waals surface area (Å²) >= 11 is 0. The van der Waals surface area contributed by atoms with E-state index in [0.29, 0.717) is 28.8 Å². The molecule has 0 amide bonds. The second-order valence-electron chi connectivity index (χ2n) is 5.26. The Labute approximate surface area is 156 Å². The molecule has 1 aromatic carbocycles. The van der Waals surface area contributed by atoms with Crippen LogP contribution >= 0.6 is 0 Å². The molecule has 6 nitrogen and oxygen atoms in total. The number of ether oxygens (including phenoxy) is 2. The molecule has 0 fully saturated rings. The van der Waals surface area contributed by atoms with Crippen LogP contribution < -0.4 is 4.74 Å². The van der Waals surface area contributed by atoms with Gasteiger partial charge in [-0.25, -0.2) is 4.98 Å². The summed E-state index contributed by atoms with van der Waals surface area (Å²) in [6, 6.07) is 8.68. The first-order valence-electron chi connectivity index (χ1n) is 10.2. The molecule has 1 N–H and O–H groups in total. The SMILES string of the molecule is [2H]C([2H])([2H])OCCCOc1ccnc(C([2H])([2H])S(=O)c2nc3ccccc3[nH]2)c1C. The van der Waals surface area contributed by atoms with E-state index in [-0.39, 0.29) is 24.1 Å². The number of methoxy groups -OCH3 is 1. The Kier molecular flexibility index (Phi) is 4.00. The number of nitrogens with zero attached hydrogens (tertiary/aromatic N) is 2. The van der Waals surface area contributed by atoms with Gasteiger partial charge in [0.2, 0.25) is 0 Å². The highest BCUT2D eigenvalue weighted by Crippen LogP contribution is 2.22. The number of rotatable bonds is 8. The van der Waals surface area contributed by atoms with E-state index in [1.165, 1.54) is 6.20 Å². The standard InChI is InChI=1S/C18H21N3O3S/c1-13-16(19-9-8-17(13)24-11-5-10-23-2)12-25(22)18-20-14-6-3-4-7-15(14)21-18/h3-4,6-9H,5,10-12H2,1-2H3,(H,20,21)/i2D3,12D2. The first-order valence-corrected chi connectivity index (χ1v) is 8.84. The Morgan fingerprint density at radius 2 is 2.20 bits per heavy atom. The maximum atomic E-state index is 13.0. The zero-order chi connectivity index (χ0) is 21.9. The number of fused-ring (bicyclic) bond motifs is 1. The number of benzene rings is 1. The molecule has 1 unspecified atom stereocenters. The Morgan fingerprint density at radius 3 is 3.04 bits per heavy atom. The number of pyridine rings is 1. The van der Waals surface area contributed by atoms with Gasteiger partial charge in [0.25, 0.3) is 0 Å². The number of para-hydroxylation sites is 2. The van der Waals surface area contributed by atoms with Crippen LogP contribution in [0.3, 0.4) is 0 Å². The summed E-state index contributed by atoms with van der Waals surface area (Å²) in [6.45, 7) is 1.81. The van der Waals surface area contributed by atoms with Crippen LogP contribution in [-0.2, 0) is 21.2 Å². The van der Waals surface area contributed by atoms with Crippen LogP contribution in [-0.4, -0.2) is 39.4 Å². The quantitative estimate of drug-likeness (QED) is 0.622. The van der Waals surface area contributed by atoms with Crippen molar-refractivity contribution >= 4 is 21.8 Å². The molecular formula is C18H21N3O3S.